The minimum absolute atomic E-state index is 0.141. The molecule has 0 radical (unpaired) electrons. The van der Waals surface area contributed by atoms with E-state index < -0.39 is 0 Å². The summed E-state index contributed by atoms with van der Waals surface area (Å²) in [5.74, 6) is 1.06. The van der Waals surface area contributed by atoms with Crippen LogP contribution in [0.4, 0.5) is 0 Å². The van der Waals surface area contributed by atoms with Gasteiger partial charge in [0.2, 0.25) is 0 Å². The molecule has 3 nitrogen and oxygen atoms in total. The number of thiocarbonyl (C=S) groups is 1. The molecule has 122 valence electrons. The monoisotopic (exact) mass is 395 g/mol. The van der Waals surface area contributed by atoms with Crippen molar-refractivity contribution in [2.75, 3.05) is 6.54 Å². The average molecular weight is 396 g/mol. The van der Waals surface area contributed by atoms with Crippen LogP contribution in [0.3, 0.4) is 0 Å². The van der Waals surface area contributed by atoms with Gasteiger partial charge in [0.25, 0.3) is 5.91 Å². The Morgan fingerprint density at radius 1 is 1.25 bits per heavy atom. The molecule has 1 saturated heterocycles. The fraction of sp³-hybridized carbons (Fsp3) is 0.0588. The average Bonchev–Trinajstić information content (AvgIpc) is 3.11. The fourth-order valence-electron chi connectivity index (χ4n) is 2.15. The fourth-order valence-corrected chi connectivity index (χ4v) is 3.70. The Labute approximate surface area is 158 Å². The second-order valence-electron chi connectivity index (χ2n) is 4.91. The highest BCUT2D eigenvalue weighted by Gasteiger charge is 2.31. The maximum absolute atomic E-state index is 12.3. The Kier molecular flexibility index (Phi) is 5.15. The van der Waals surface area contributed by atoms with E-state index >= 15 is 0 Å². The van der Waals surface area contributed by atoms with E-state index in [0.29, 0.717) is 37.3 Å². The first kappa shape index (κ1) is 17.3. The van der Waals surface area contributed by atoms with Gasteiger partial charge in [0, 0.05) is 18.2 Å². The summed E-state index contributed by atoms with van der Waals surface area (Å²) in [6.07, 6.45) is 3.33. The molecule has 0 N–H and O–H groups in total. The van der Waals surface area contributed by atoms with Crippen LogP contribution < -0.4 is 0 Å². The highest BCUT2D eigenvalue weighted by atomic mass is 35.5. The summed E-state index contributed by atoms with van der Waals surface area (Å²) in [7, 11) is 0. The van der Waals surface area contributed by atoms with E-state index in [1.54, 1.807) is 30.4 Å². The van der Waals surface area contributed by atoms with Gasteiger partial charge in [-0.3, -0.25) is 9.69 Å². The number of halogens is 2. The molecule has 7 heteroatoms. The molecule has 3 rings (SSSR count). The summed E-state index contributed by atoms with van der Waals surface area (Å²) in [6, 6.07) is 8.87. The molecular weight excluding hydrogens is 385 g/mol. The molecular formula is C17H11Cl2NO2S2. The van der Waals surface area contributed by atoms with E-state index in [1.165, 1.54) is 16.7 Å². The van der Waals surface area contributed by atoms with E-state index in [0.717, 1.165) is 5.56 Å². The Morgan fingerprint density at radius 2 is 2.04 bits per heavy atom. The van der Waals surface area contributed by atoms with E-state index in [9.17, 15) is 4.79 Å². The Balaban J connectivity index is 1.86. The van der Waals surface area contributed by atoms with Gasteiger partial charge in [-0.05, 0) is 30.3 Å². The summed E-state index contributed by atoms with van der Waals surface area (Å²) in [6.45, 7) is 4.03. The van der Waals surface area contributed by atoms with Crippen molar-refractivity contribution >= 4 is 63.5 Å². The predicted octanol–water partition coefficient (Wildman–Crippen LogP) is 5.64. The molecule has 1 aliphatic heterocycles. The van der Waals surface area contributed by atoms with Crippen LogP contribution >= 0.6 is 47.2 Å². The second kappa shape index (κ2) is 7.15. The number of nitrogens with zero attached hydrogens (tertiary/aromatic N) is 1. The number of hydrogen-bond donors (Lipinski definition) is 0. The van der Waals surface area contributed by atoms with Crippen molar-refractivity contribution in [1.82, 2.24) is 4.90 Å². The number of carbonyl (C=O) groups is 1. The summed E-state index contributed by atoms with van der Waals surface area (Å²) < 4.78 is 6.30. The quantitative estimate of drug-likeness (QED) is 0.380. The summed E-state index contributed by atoms with van der Waals surface area (Å²) >= 11 is 18.4. The SMILES string of the molecule is C=CCN1C(=O)/C(=C\c2ccc(-c3ccc(Cl)c(Cl)c3)o2)SC1=S. The molecule has 0 saturated carbocycles. The van der Waals surface area contributed by atoms with Crippen molar-refractivity contribution in [3.05, 3.63) is 63.7 Å². The molecule has 0 bridgehead atoms. The van der Waals surface area contributed by atoms with Crippen LogP contribution in [0.25, 0.3) is 17.4 Å². The van der Waals surface area contributed by atoms with Crippen LogP contribution in [-0.2, 0) is 4.79 Å². The third kappa shape index (κ3) is 3.44. The molecule has 0 unspecified atom stereocenters. The zero-order valence-electron chi connectivity index (χ0n) is 12.3. The molecule has 0 aliphatic carbocycles. The maximum Gasteiger partial charge on any atom is 0.266 e. The largest absolute Gasteiger partial charge is 0.457 e. The van der Waals surface area contributed by atoms with Crippen molar-refractivity contribution in [2.24, 2.45) is 0 Å². The Hall–Kier alpha value is -1.53. The number of amides is 1. The van der Waals surface area contributed by atoms with Gasteiger partial charge in [0.05, 0.1) is 15.0 Å². The number of thioether (sulfide) groups is 1. The number of carbonyl (C=O) groups excluding carboxylic acids is 1. The van der Waals surface area contributed by atoms with Crippen molar-refractivity contribution in [3.8, 4) is 11.3 Å². The normalized spacial score (nSPS) is 16.2. The minimum atomic E-state index is -0.141. The van der Waals surface area contributed by atoms with Gasteiger partial charge in [-0.2, -0.15) is 0 Å². The van der Waals surface area contributed by atoms with Gasteiger partial charge in [0.1, 0.15) is 15.8 Å². The first-order valence-corrected chi connectivity index (χ1v) is 8.89. The van der Waals surface area contributed by atoms with Crippen molar-refractivity contribution in [1.29, 1.82) is 0 Å². The predicted molar refractivity (Wildman–Crippen MR) is 104 cm³/mol. The lowest BCUT2D eigenvalue weighted by Gasteiger charge is -2.10. The third-order valence-electron chi connectivity index (χ3n) is 3.29. The zero-order chi connectivity index (χ0) is 17.3. The number of benzene rings is 1. The lowest BCUT2D eigenvalue weighted by molar-refractivity contribution is -0.121. The minimum Gasteiger partial charge on any atom is -0.457 e. The summed E-state index contributed by atoms with van der Waals surface area (Å²) in [5, 5.41) is 0.940. The van der Waals surface area contributed by atoms with Crippen LogP contribution in [0.5, 0.6) is 0 Å². The van der Waals surface area contributed by atoms with Crippen LogP contribution in [0, 0.1) is 0 Å². The summed E-state index contributed by atoms with van der Waals surface area (Å²) in [5.41, 5.74) is 0.809. The molecule has 0 atom stereocenters. The van der Waals surface area contributed by atoms with Gasteiger partial charge < -0.3 is 4.42 Å². The molecule has 1 aromatic heterocycles. The van der Waals surface area contributed by atoms with E-state index in [1.807, 2.05) is 12.1 Å². The van der Waals surface area contributed by atoms with Crippen LogP contribution in [0.2, 0.25) is 10.0 Å². The van der Waals surface area contributed by atoms with Gasteiger partial charge in [-0.25, -0.2) is 0 Å². The molecule has 1 fully saturated rings. The first-order chi connectivity index (χ1) is 11.5. The van der Waals surface area contributed by atoms with Gasteiger partial charge in [-0.1, -0.05) is 53.3 Å². The van der Waals surface area contributed by atoms with Crippen LogP contribution in [-0.4, -0.2) is 21.7 Å². The standard InChI is InChI=1S/C17H11Cl2NO2S2/c1-2-7-20-16(21)15(24-17(20)23)9-11-4-6-14(22-11)10-3-5-12(18)13(19)8-10/h2-6,8-9H,1,7H2/b15-9+. The summed E-state index contributed by atoms with van der Waals surface area (Å²) in [4.78, 5) is 14.3. The second-order valence-corrected chi connectivity index (χ2v) is 7.40. The van der Waals surface area contributed by atoms with Crippen molar-refractivity contribution in [3.63, 3.8) is 0 Å². The van der Waals surface area contributed by atoms with E-state index in [4.69, 9.17) is 39.8 Å². The number of hydrogen-bond acceptors (Lipinski definition) is 4. The highest BCUT2D eigenvalue weighted by molar-refractivity contribution is 8.26. The lowest BCUT2D eigenvalue weighted by atomic mass is 10.2. The first-order valence-electron chi connectivity index (χ1n) is 6.91. The maximum atomic E-state index is 12.3. The molecule has 1 aromatic carbocycles. The van der Waals surface area contributed by atoms with Gasteiger partial charge >= 0.3 is 0 Å². The molecule has 2 heterocycles. The molecule has 2 aromatic rings. The topological polar surface area (TPSA) is 33.5 Å². The van der Waals surface area contributed by atoms with Crippen LogP contribution in [0.15, 0.2) is 52.3 Å². The lowest BCUT2D eigenvalue weighted by Crippen LogP contribution is -2.27. The Morgan fingerprint density at radius 3 is 2.75 bits per heavy atom. The molecule has 1 amide bonds. The van der Waals surface area contributed by atoms with Crippen LogP contribution in [0.1, 0.15) is 5.76 Å². The van der Waals surface area contributed by atoms with Crippen molar-refractivity contribution in [2.45, 2.75) is 0 Å². The number of furan rings is 1. The highest BCUT2D eigenvalue weighted by Crippen LogP contribution is 2.34. The molecule has 0 spiro atoms. The van der Waals surface area contributed by atoms with Gasteiger partial charge in [0.15, 0.2) is 0 Å². The van der Waals surface area contributed by atoms with E-state index in [2.05, 4.69) is 6.58 Å². The zero-order valence-corrected chi connectivity index (χ0v) is 15.4. The Bertz CT molecular complexity index is 873. The van der Waals surface area contributed by atoms with Crippen molar-refractivity contribution < 1.29 is 9.21 Å². The molecule has 24 heavy (non-hydrogen) atoms. The molecule has 1 aliphatic rings. The van der Waals surface area contributed by atoms with E-state index in [-0.39, 0.29) is 5.91 Å². The smallest absolute Gasteiger partial charge is 0.266 e. The third-order valence-corrected chi connectivity index (χ3v) is 5.41. The van der Waals surface area contributed by atoms with Gasteiger partial charge in [-0.15, -0.1) is 6.58 Å². The number of rotatable bonds is 4.